The third-order valence-corrected chi connectivity index (χ3v) is 5.64. The number of hydrogen-bond donors (Lipinski definition) is 1. The Kier molecular flexibility index (Phi) is 6.05. The smallest absolute Gasteiger partial charge is 0.307 e. The fraction of sp³-hybridized carbons (Fsp3) is 0.222. The zero-order valence-electron chi connectivity index (χ0n) is 13.7. The predicted molar refractivity (Wildman–Crippen MR) is 104 cm³/mol. The van der Waals surface area contributed by atoms with E-state index in [1.54, 1.807) is 24.3 Å². The average Bonchev–Trinajstić information content (AvgIpc) is 2.64. The molecule has 1 unspecified atom stereocenters. The van der Waals surface area contributed by atoms with Crippen LogP contribution in [0.15, 0.2) is 62.7 Å². The number of rotatable bonds is 7. The Balaban J connectivity index is 1.67. The number of aliphatic carboxylic acids is 1. The minimum Gasteiger partial charge on any atom is -0.481 e. The summed E-state index contributed by atoms with van der Waals surface area (Å²) in [5.74, 6) is -1.03. The summed E-state index contributed by atoms with van der Waals surface area (Å²) in [6.45, 7) is 0.217. The molecule has 0 aliphatic heterocycles. The number of hydrogen-bond acceptors (Lipinski definition) is 5. The minimum absolute atomic E-state index is 0.217. The first kappa shape index (κ1) is 18.6. The first-order valence-electron chi connectivity index (χ1n) is 7.98. The van der Waals surface area contributed by atoms with E-state index in [0.717, 1.165) is 9.37 Å². The van der Waals surface area contributed by atoms with Crippen molar-refractivity contribution in [3.63, 3.8) is 0 Å². The molecule has 8 heteroatoms. The molecule has 0 radical (unpaired) electrons. The maximum absolute atomic E-state index is 12.4. The Hall–Kier alpha value is -2.19. The number of benzene rings is 2. The van der Waals surface area contributed by atoms with Gasteiger partial charge in [0.1, 0.15) is 5.52 Å². The van der Waals surface area contributed by atoms with Crippen LogP contribution < -0.4 is 5.56 Å². The van der Waals surface area contributed by atoms with Gasteiger partial charge in [-0.05, 0) is 42.8 Å². The SMILES string of the molecule is O=C(O)C(CCn1nnc2ccccc2c1=O)CSc1ccc(Br)cc1. The summed E-state index contributed by atoms with van der Waals surface area (Å²) in [5.41, 5.74) is 0.287. The predicted octanol–water partition coefficient (Wildman–Crippen LogP) is 3.44. The third kappa shape index (κ3) is 4.50. The van der Waals surface area contributed by atoms with Crippen molar-refractivity contribution in [3.8, 4) is 0 Å². The van der Waals surface area contributed by atoms with Crippen LogP contribution >= 0.6 is 27.7 Å². The van der Waals surface area contributed by atoms with Gasteiger partial charge in [0, 0.05) is 21.7 Å². The molecule has 26 heavy (non-hydrogen) atoms. The van der Waals surface area contributed by atoms with Gasteiger partial charge in [-0.25, -0.2) is 4.68 Å². The summed E-state index contributed by atoms with van der Waals surface area (Å²) < 4.78 is 2.22. The van der Waals surface area contributed by atoms with E-state index < -0.39 is 11.9 Å². The molecule has 0 amide bonds. The number of carboxylic acid groups (broad SMARTS) is 1. The summed E-state index contributed by atoms with van der Waals surface area (Å²) in [6.07, 6.45) is 0.311. The second kappa shape index (κ2) is 8.46. The van der Waals surface area contributed by atoms with Gasteiger partial charge in [0.15, 0.2) is 0 Å². The summed E-state index contributed by atoms with van der Waals surface area (Å²) in [6, 6.07) is 14.7. The summed E-state index contributed by atoms with van der Waals surface area (Å²) in [5, 5.41) is 17.9. The quantitative estimate of drug-likeness (QED) is 0.574. The van der Waals surface area contributed by atoms with Crippen molar-refractivity contribution in [1.29, 1.82) is 0 Å². The maximum atomic E-state index is 12.4. The highest BCUT2D eigenvalue weighted by Gasteiger charge is 2.19. The molecule has 0 bridgehead atoms. The molecule has 1 N–H and O–H groups in total. The van der Waals surface area contributed by atoms with Crippen LogP contribution in [0.2, 0.25) is 0 Å². The van der Waals surface area contributed by atoms with E-state index in [-0.39, 0.29) is 12.1 Å². The molecule has 2 aromatic carbocycles. The van der Waals surface area contributed by atoms with Crippen LogP contribution in [-0.4, -0.2) is 31.8 Å². The lowest BCUT2D eigenvalue weighted by Gasteiger charge is -2.12. The number of carbonyl (C=O) groups is 1. The lowest BCUT2D eigenvalue weighted by atomic mass is 10.1. The first-order chi connectivity index (χ1) is 12.5. The van der Waals surface area contributed by atoms with Gasteiger partial charge in [-0.3, -0.25) is 9.59 Å². The van der Waals surface area contributed by atoms with Crippen LogP contribution in [0.1, 0.15) is 6.42 Å². The summed E-state index contributed by atoms with van der Waals surface area (Å²) >= 11 is 4.86. The normalized spacial score (nSPS) is 12.2. The van der Waals surface area contributed by atoms with E-state index in [1.807, 2.05) is 24.3 Å². The molecule has 0 fully saturated rings. The van der Waals surface area contributed by atoms with E-state index >= 15 is 0 Å². The van der Waals surface area contributed by atoms with Crippen LogP contribution in [0, 0.1) is 5.92 Å². The zero-order valence-corrected chi connectivity index (χ0v) is 16.1. The summed E-state index contributed by atoms with van der Waals surface area (Å²) in [7, 11) is 0. The molecule has 3 rings (SSSR count). The van der Waals surface area contributed by atoms with Crippen LogP contribution in [0.5, 0.6) is 0 Å². The highest BCUT2D eigenvalue weighted by molar-refractivity contribution is 9.10. The lowest BCUT2D eigenvalue weighted by molar-refractivity contribution is -0.141. The van der Waals surface area contributed by atoms with Crippen molar-refractivity contribution >= 4 is 44.6 Å². The van der Waals surface area contributed by atoms with Crippen molar-refractivity contribution in [1.82, 2.24) is 15.0 Å². The molecule has 1 aromatic heterocycles. The van der Waals surface area contributed by atoms with Crippen molar-refractivity contribution in [2.45, 2.75) is 17.9 Å². The number of aromatic nitrogens is 3. The van der Waals surface area contributed by atoms with Gasteiger partial charge in [0.2, 0.25) is 0 Å². The largest absolute Gasteiger partial charge is 0.481 e. The second-order valence-corrected chi connectivity index (χ2v) is 7.73. The fourth-order valence-electron chi connectivity index (χ4n) is 2.45. The fourth-order valence-corrected chi connectivity index (χ4v) is 3.75. The molecule has 1 atom stereocenters. The lowest BCUT2D eigenvalue weighted by Crippen LogP contribution is -2.27. The third-order valence-electron chi connectivity index (χ3n) is 3.93. The Morgan fingerprint density at radius 1 is 1.19 bits per heavy atom. The van der Waals surface area contributed by atoms with Crippen molar-refractivity contribution in [2.24, 2.45) is 5.92 Å². The Bertz CT molecular complexity index is 975. The molecular formula is C18H16BrN3O3S. The Morgan fingerprint density at radius 2 is 1.92 bits per heavy atom. The molecule has 134 valence electrons. The minimum atomic E-state index is -0.878. The van der Waals surface area contributed by atoms with Crippen LogP contribution in [0.3, 0.4) is 0 Å². The number of carboxylic acids is 1. The van der Waals surface area contributed by atoms with Crippen molar-refractivity contribution in [2.75, 3.05) is 5.75 Å². The van der Waals surface area contributed by atoms with Gasteiger partial charge in [-0.2, -0.15) is 0 Å². The van der Waals surface area contributed by atoms with E-state index in [2.05, 4.69) is 26.2 Å². The highest BCUT2D eigenvalue weighted by Crippen LogP contribution is 2.24. The number of nitrogens with zero attached hydrogens (tertiary/aromatic N) is 3. The topological polar surface area (TPSA) is 85.1 Å². The zero-order chi connectivity index (χ0) is 18.5. The Labute approximate surface area is 162 Å². The van der Waals surface area contributed by atoms with Gasteiger partial charge < -0.3 is 5.11 Å². The molecule has 0 saturated carbocycles. The maximum Gasteiger partial charge on any atom is 0.307 e. The van der Waals surface area contributed by atoms with Crippen LogP contribution in [0.25, 0.3) is 10.9 Å². The molecule has 0 saturated heterocycles. The van der Waals surface area contributed by atoms with E-state index in [9.17, 15) is 14.7 Å². The molecular weight excluding hydrogens is 418 g/mol. The molecule has 0 spiro atoms. The molecule has 0 aliphatic carbocycles. The molecule has 3 aromatic rings. The van der Waals surface area contributed by atoms with Crippen molar-refractivity contribution in [3.05, 3.63) is 63.4 Å². The highest BCUT2D eigenvalue weighted by atomic mass is 79.9. The molecule has 6 nitrogen and oxygen atoms in total. The van der Waals surface area contributed by atoms with Gasteiger partial charge in [0.25, 0.3) is 5.56 Å². The number of fused-ring (bicyclic) bond motifs is 1. The average molecular weight is 434 g/mol. The second-order valence-electron chi connectivity index (χ2n) is 5.72. The van der Waals surface area contributed by atoms with Gasteiger partial charge in [-0.15, -0.1) is 16.9 Å². The van der Waals surface area contributed by atoms with E-state index in [0.29, 0.717) is 23.1 Å². The monoisotopic (exact) mass is 433 g/mol. The van der Waals surface area contributed by atoms with Crippen LogP contribution in [-0.2, 0) is 11.3 Å². The standard InChI is InChI=1S/C18H16BrN3O3S/c19-13-5-7-14(8-6-13)26-11-12(18(24)25)9-10-22-17(23)15-3-1-2-4-16(15)20-21-22/h1-8,12H,9-11H2,(H,24,25). The van der Waals surface area contributed by atoms with Crippen LogP contribution in [0.4, 0.5) is 0 Å². The molecule has 1 heterocycles. The van der Waals surface area contributed by atoms with Crippen molar-refractivity contribution < 1.29 is 9.90 Å². The first-order valence-corrected chi connectivity index (χ1v) is 9.76. The number of thioether (sulfide) groups is 1. The van der Waals surface area contributed by atoms with Gasteiger partial charge >= 0.3 is 5.97 Å². The Morgan fingerprint density at radius 3 is 2.65 bits per heavy atom. The van der Waals surface area contributed by atoms with Gasteiger partial charge in [-0.1, -0.05) is 33.3 Å². The molecule has 0 aliphatic rings. The van der Waals surface area contributed by atoms with E-state index in [1.165, 1.54) is 16.4 Å². The number of halogens is 1. The van der Waals surface area contributed by atoms with E-state index in [4.69, 9.17) is 0 Å². The number of aryl methyl sites for hydroxylation is 1. The van der Waals surface area contributed by atoms with Gasteiger partial charge in [0.05, 0.1) is 11.3 Å². The summed E-state index contributed by atoms with van der Waals surface area (Å²) in [4.78, 5) is 25.0.